The van der Waals surface area contributed by atoms with Crippen molar-refractivity contribution in [2.45, 2.75) is 55.1 Å². The summed E-state index contributed by atoms with van der Waals surface area (Å²) < 4.78 is 0. The third kappa shape index (κ3) is 2.84. The Balaban J connectivity index is 2.01. The first-order valence-corrected chi connectivity index (χ1v) is 6.99. The number of aromatic amines is 1. The van der Waals surface area contributed by atoms with Crippen LogP contribution in [0.2, 0.25) is 0 Å². The minimum atomic E-state index is -0.564. The quantitative estimate of drug-likeness (QED) is 0.730. The molecule has 1 fully saturated rings. The summed E-state index contributed by atoms with van der Waals surface area (Å²) in [5.74, 6) is -0.253. The van der Waals surface area contributed by atoms with Gasteiger partial charge in [-0.15, -0.1) is 0 Å². The van der Waals surface area contributed by atoms with E-state index in [1.807, 2.05) is 13.8 Å². The number of H-pyrrole nitrogens is 1. The average Bonchev–Trinajstić information content (AvgIpc) is 2.89. The summed E-state index contributed by atoms with van der Waals surface area (Å²) in [6.45, 7) is 4.06. The maximum absolute atomic E-state index is 11.7. The van der Waals surface area contributed by atoms with E-state index in [1.165, 1.54) is 6.33 Å². The van der Waals surface area contributed by atoms with Crippen molar-refractivity contribution in [2.24, 2.45) is 5.73 Å². The average molecular weight is 269 g/mol. The fourth-order valence-electron chi connectivity index (χ4n) is 2.49. The van der Waals surface area contributed by atoms with E-state index >= 15 is 0 Å². The van der Waals surface area contributed by atoms with Crippen molar-refractivity contribution >= 4 is 17.7 Å². The molecule has 1 heterocycles. The van der Waals surface area contributed by atoms with Crippen LogP contribution in [0.1, 0.15) is 33.1 Å². The summed E-state index contributed by atoms with van der Waals surface area (Å²) in [5, 5.41) is 11.1. The summed E-state index contributed by atoms with van der Waals surface area (Å²) in [5.41, 5.74) is 5.01. The van der Waals surface area contributed by atoms with Gasteiger partial charge in [0.15, 0.2) is 5.16 Å². The number of aromatic nitrogens is 3. The van der Waals surface area contributed by atoms with Gasteiger partial charge in [-0.2, -0.15) is 5.10 Å². The Hall–Kier alpha value is -1.08. The van der Waals surface area contributed by atoms with Gasteiger partial charge in [-0.25, -0.2) is 4.98 Å². The predicted octanol–water partition coefficient (Wildman–Crippen LogP) is 0.671. The van der Waals surface area contributed by atoms with Crippen LogP contribution in [0.5, 0.6) is 0 Å². The lowest BCUT2D eigenvalue weighted by molar-refractivity contribution is -0.124. The largest absolute Gasteiger partial charge is 0.368 e. The monoisotopic (exact) mass is 269 g/mol. The Morgan fingerprint density at radius 1 is 1.72 bits per heavy atom. The molecule has 6 nitrogen and oxygen atoms in total. The second-order valence-corrected chi connectivity index (χ2v) is 6.31. The minimum absolute atomic E-state index is 0.242. The van der Waals surface area contributed by atoms with Crippen molar-refractivity contribution in [3.8, 4) is 0 Å². The number of hydrogen-bond acceptors (Lipinski definition) is 5. The van der Waals surface area contributed by atoms with E-state index in [1.54, 1.807) is 11.8 Å². The van der Waals surface area contributed by atoms with Crippen LogP contribution in [-0.4, -0.2) is 37.9 Å². The van der Waals surface area contributed by atoms with Crippen molar-refractivity contribution in [2.75, 3.05) is 0 Å². The van der Waals surface area contributed by atoms with E-state index in [0.29, 0.717) is 5.25 Å². The van der Waals surface area contributed by atoms with Crippen LogP contribution in [-0.2, 0) is 4.79 Å². The standard InChI is InChI=1S/C11H19N5OS/c1-7(2)15-11(9(12)17)4-3-8(5-11)18-10-13-6-14-16-10/h6-8,15H,3-5H2,1-2H3,(H2,12,17)(H,13,14,16). The molecule has 0 aromatic carbocycles. The van der Waals surface area contributed by atoms with Crippen LogP contribution >= 0.6 is 11.8 Å². The third-order valence-corrected chi connectivity index (χ3v) is 4.33. The Bertz CT molecular complexity index is 408. The molecule has 100 valence electrons. The molecule has 1 amide bonds. The molecule has 2 rings (SSSR count). The van der Waals surface area contributed by atoms with Crippen LogP contribution in [0.25, 0.3) is 0 Å². The first-order valence-electron chi connectivity index (χ1n) is 6.11. The van der Waals surface area contributed by atoms with Gasteiger partial charge in [0.05, 0.1) is 5.54 Å². The van der Waals surface area contributed by atoms with Crippen LogP contribution < -0.4 is 11.1 Å². The number of amides is 1. The predicted molar refractivity (Wildman–Crippen MR) is 70.1 cm³/mol. The number of carbonyl (C=O) groups excluding carboxylic acids is 1. The molecule has 4 N–H and O–H groups in total. The number of carbonyl (C=O) groups is 1. The summed E-state index contributed by atoms with van der Waals surface area (Å²) in [6.07, 6.45) is 3.97. The molecule has 0 bridgehead atoms. The lowest BCUT2D eigenvalue weighted by Crippen LogP contribution is -2.56. The second kappa shape index (κ2) is 5.27. The highest BCUT2D eigenvalue weighted by Gasteiger charge is 2.44. The molecule has 0 saturated heterocycles. The number of hydrogen-bond donors (Lipinski definition) is 3. The van der Waals surface area contributed by atoms with Gasteiger partial charge in [0, 0.05) is 11.3 Å². The molecule has 0 aliphatic heterocycles. The molecule has 1 aliphatic rings. The van der Waals surface area contributed by atoms with Crippen molar-refractivity contribution in [1.82, 2.24) is 20.5 Å². The molecule has 2 unspecified atom stereocenters. The number of nitrogens with two attached hydrogens (primary N) is 1. The van der Waals surface area contributed by atoms with Crippen molar-refractivity contribution in [1.29, 1.82) is 0 Å². The molecule has 0 spiro atoms. The Labute approximate surface area is 111 Å². The van der Waals surface area contributed by atoms with Crippen LogP contribution in [0.3, 0.4) is 0 Å². The Kier molecular flexibility index (Phi) is 3.91. The van der Waals surface area contributed by atoms with E-state index in [2.05, 4.69) is 20.5 Å². The molecule has 1 aromatic heterocycles. The van der Waals surface area contributed by atoms with Gasteiger partial charge in [-0.3, -0.25) is 9.89 Å². The zero-order chi connectivity index (χ0) is 13.2. The van der Waals surface area contributed by atoms with Gasteiger partial charge in [0.25, 0.3) is 0 Å². The molecule has 7 heteroatoms. The SMILES string of the molecule is CC(C)NC1(C(N)=O)CCC(Sc2ncn[nH]2)C1. The molecule has 2 atom stereocenters. The molecule has 1 aromatic rings. The zero-order valence-corrected chi connectivity index (χ0v) is 11.5. The van der Waals surface area contributed by atoms with Crippen molar-refractivity contribution in [3.05, 3.63) is 6.33 Å². The summed E-state index contributed by atoms with van der Waals surface area (Å²) in [4.78, 5) is 15.8. The molecule has 1 saturated carbocycles. The topological polar surface area (TPSA) is 96.7 Å². The van der Waals surface area contributed by atoms with Crippen molar-refractivity contribution < 1.29 is 4.79 Å². The fourth-order valence-corrected chi connectivity index (χ4v) is 3.62. The smallest absolute Gasteiger partial charge is 0.237 e. The molecule has 0 radical (unpaired) electrons. The second-order valence-electron chi connectivity index (χ2n) is 5.02. The van der Waals surface area contributed by atoms with E-state index < -0.39 is 5.54 Å². The van der Waals surface area contributed by atoms with Crippen LogP contribution in [0.15, 0.2) is 11.5 Å². The molecular weight excluding hydrogens is 250 g/mol. The summed E-state index contributed by atoms with van der Waals surface area (Å²) in [6, 6.07) is 0.242. The highest BCUT2D eigenvalue weighted by molar-refractivity contribution is 7.99. The Morgan fingerprint density at radius 3 is 3.06 bits per heavy atom. The number of rotatable bonds is 5. The van der Waals surface area contributed by atoms with Gasteiger partial charge in [-0.05, 0) is 33.1 Å². The molecule has 1 aliphatic carbocycles. The first-order chi connectivity index (χ1) is 8.52. The minimum Gasteiger partial charge on any atom is -0.368 e. The van der Waals surface area contributed by atoms with Gasteiger partial charge < -0.3 is 11.1 Å². The van der Waals surface area contributed by atoms with E-state index in [0.717, 1.165) is 24.4 Å². The molecule has 18 heavy (non-hydrogen) atoms. The van der Waals surface area contributed by atoms with Gasteiger partial charge in [0.1, 0.15) is 6.33 Å². The Morgan fingerprint density at radius 2 is 2.50 bits per heavy atom. The highest BCUT2D eigenvalue weighted by atomic mass is 32.2. The van der Waals surface area contributed by atoms with Gasteiger partial charge >= 0.3 is 0 Å². The normalized spacial score (nSPS) is 27.8. The maximum atomic E-state index is 11.7. The number of thioether (sulfide) groups is 1. The summed E-state index contributed by atoms with van der Waals surface area (Å²) >= 11 is 1.63. The fraction of sp³-hybridized carbons (Fsp3) is 0.727. The lowest BCUT2D eigenvalue weighted by atomic mass is 9.96. The summed E-state index contributed by atoms with van der Waals surface area (Å²) in [7, 11) is 0. The first kappa shape index (κ1) is 13.4. The lowest BCUT2D eigenvalue weighted by Gasteiger charge is -2.29. The third-order valence-electron chi connectivity index (χ3n) is 3.18. The number of nitrogens with zero attached hydrogens (tertiary/aromatic N) is 2. The zero-order valence-electron chi connectivity index (χ0n) is 10.6. The van der Waals surface area contributed by atoms with Gasteiger partial charge in [0.2, 0.25) is 5.91 Å². The van der Waals surface area contributed by atoms with Crippen molar-refractivity contribution in [3.63, 3.8) is 0 Å². The van der Waals surface area contributed by atoms with Gasteiger partial charge in [-0.1, -0.05) is 11.8 Å². The van der Waals surface area contributed by atoms with Crippen LogP contribution in [0, 0.1) is 0 Å². The molecular formula is C11H19N5OS. The maximum Gasteiger partial charge on any atom is 0.237 e. The van der Waals surface area contributed by atoms with E-state index in [-0.39, 0.29) is 11.9 Å². The van der Waals surface area contributed by atoms with E-state index in [4.69, 9.17) is 5.73 Å². The van der Waals surface area contributed by atoms with E-state index in [9.17, 15) is 4.79 Å². The number of nitrogens with one attached hydrogen (secondary N) is 2. The highest BCUT2D eigenvalue weighted by Crippen LogP contribution is 2.39. The van der Waals surface area contributed by atoms with Crippen LogP contribution in [0.4, 0.5) is 0 Å². The number of primary amides is 1.